The van der Waals surface area contributed by atoms with Crippen molar-refractivity contribution in [3.05, 3.63) is 149 Å². The molecule has 2 aromatic heterocycles. The molecule has 0 spiro atoms. The summed E-state index contributed by atoms with van der Waals surface area (Å²) in [6.07, 6.45) is 4.54. The molecule has 0 N–H and O–H groups in total. The van der Waals surface area contributed by atoms with Crippen LogP contribution in [0, 0.1) is 5.92 Å². The molecule has 10 rings (SSSR count). The molecular weight excluding hydrogens is 567 g/mol. The molecule has 0 radical (unpaired) electrons. The second-order valence-electron chi connectivity index (χ2n) is 12.9. The van der Waals surface area contributed by atoms with Crippen molar-refractivity contribution in [1.82, 2.24) is 4.57 Å². The van der Waals surface area contributed by atoms with Gasteiger partial charge in [0, 0.05) is 32.5 Å². The predicted molar refractivity (Wildman–Crippen MR) is 190 cm³/mol. The van der Waals surface area contributed by atoms with E-state index in [9.17, 15) is 0 Å². The Kier molecular flexibility index (Phi) is 5.05. The lowest BCUT2D eigenvalue weighted by Gasteiger charge is -2.31. The zero-order valence-corrected chi connectivity index (χ0v) is 25.8. The zero-order valence-electron chi connectivity index (χ0n) is 25.0. The van der Waals surface area contributed by atoms with Crippen LogP contribution >= 0.6 is 11.3 Å². The lowest BCUT2D eigenvalue weighted by atomic mass is 9.80. The Morgan fingerprint density at radius 1 is 0.711 bits per heavy atom. The number of aromatic nitrogens is 1. The summed E-state index contributed by atoms with van der Waals surface area (Å²) in [5, 5.41) is 3.81. The largest absolute Gasteiger partial charge is 0.277 e. The van der Waals surface area contributed by atoms with Crippen molar-refractivity contribution >= 4 is 61.0 Å². The fourth-order valence-electron chi connectivity index (χ4n) is 8.11. The van der Waals surface area contributed by atoms with Crippen molar-refractivity contribution in [3.8, 4) is 10.4 Å². The van der Waals surface area contributed by atoms with Crippen molar-refractivity contribution in [2.75, 3.05) is 0 Å². The lowest BCUT2D eigenvalue weighted by molar-refractivity contribution is 0.636. The highest BCUT2D eigenvalue weighted by atomic mass is 32.1. The van der Waals surface area contributed by atoms with Crippen LogP contribution in [-0.4, -0.2) is 16.2 Å². The van der Waals surface area contributed by atoms with Crippen LogP contribution < -0.4 is 0 Å². The van der Waals surface area contributed by atoms with E-state index in [0.717, 1.165) is 17.2 Å². The summed E-state index contributed by atoms with van der Waals surface area (Å²) in [7, 11) is 0. The van der Waals surface area contributed by atoms with E-state index in [1.807, 2.05) is 11.3 Å². The zero-order chi connectivity index (χ0) is 29.9. The number of para-hydroxylation sites is 1. The minimum atomic E-state index is -0.0760. The first-order valence-corrected chi connectivity index (χ1v) is 16.5. The molecule has 0 bridgehead atoms. The van der Waals surface area contributed by atoms with Gasteiger partial charge in [0.1, 0.15) is 0 Å². The number of nitrogens with zero attached hydrogens (tertiary/aromatic N) is 3. The molecule has 0 amide bonds. The van der Waals surface area contributed by atoms with E-state index >= 15 is 0 Å². The highest BCUT2D eigenvalue weighted by molar-refractivity contribution is 7.23. The smallest absolute Gasteiger partial charge is 0.230 e. The van der Waals surface area contributed by atoms with Gasteiger partial charge in [0.05, 0.1) is 27.5 Å². The Labute approximate surface area is 265 Å². The normalized spacial score (nSPS) is 19.2. The molecule has 2 atom stereocenters. The molecule has 3 nitrogen and oxygen atoms in total. The van der Waals surface area contributed by atoms with E-state index in [1.54, 1.807) is 0 Å². The monoisotopic (exact) mass is 595 g/mol. The van der Waals surface area contributed by atoms with Gasteiger partial charge in [0.15, 0.2) is 0 Å². The Morgan fingerprint density at radius 2 is 1.44 bits per heavy atom. The van der Waals surface area contributed by atoms with Crippen LogP contribution in [0.5, 0.6) is 0 Å². The van der Waals surface area contributed by atoms with Crippen LogP contribution in [0.25, 0.3) is 48.4 Å². The third-order valence-electron chi connectivity index (χ3n) is 10.2. The number of benzene rings is 5. The number of hydrogen-bond acceptors (Lipinski definition) is 3. The van der Waals surface area contributed by atoms with E-state index in [-0.39, 0.29) is 17.4 Å². The van der Waals surface area contributed by atoms with Crippen LogP contribution in [0.2, 0.25) is 0 Å². The Bertz CT molecular complexity index is 2470. The number of aliphatic imine (C=N–C) groups is 2. The molecule has 0 saturated carbocycles. The maximum Gasteiger partial charge on any atom is 0.230 e. The second kappa shape index (κ2) is 8.99. The Balaban J connectivity index is 1.31. The third-order valence-corrected chi connectivity index (χ3v) is 11.4. The molecular formula is C41H29N3S. The van der Waals surface area contributed by atoms with Crippen molar-refractivity contribution in [2.45, 2.75) is 25.3 Å². The summed E-state index contributed by atoms with van der Waals surface area (Å²) < 4.78 is 3.67. The van der Waals surface area contributed by atoms with Gasteiger partial charge in [-0.25, -0.2) is 9.98 Å². The average Bonchev–Trinajstić information content (AvgIpc) is 3.71. The standard InChI is InChI=1S/C41H29N3S/c1-41(2)32-18-10-8-17-29(32)38-34(41)30-23-22-28-27-16-9-11-19-33(27)44(37(28)39(30)45-38)40-42-35(25-13-4-3-5-14-25)31-21-20-24-12-6-7-15-26(24)36(31)43-40/h3-23,31,35H,1-2H3. The van der Waals surface area contributed by atoms with Gasteiger partial charge in [-0.3, -0.25) is 4.57 Å². The van der Waals surface area contributed by atoms with Crippen molar-refractivity contribution < 1.29 is 0 Å². The third kappa shape index (κ3) is 3.35. The summed E-state index contributed by atoms with van der Waals surface area (Å²) in [5.74, 6) is 0.828. The van der Waals surface area contributed by atoms with Gasteiger partial charge in [-0.2, -0.15) is 0 Å². The van der Waals surface area contributed by atoms with Crippen LogP contribution in [0.4, 0.5) is 0 Å². The molecule has 214 valence electrons. The minimum Gasteiger partial charge on any atom is -0.277 e. The predicted octanol–water partition coefficient (Wildman–Crippen LogP) is 10.4. The van der Waals surface area contributed by atoms with E-state index in [1.165, 1.54) is 64.6 Å². The molecule has 0 saturated heterocycles. The molecule has 7 aromatic rings. The van der Waals surface area contributed by atoms with Crippen molar-refractivity contribution in [3.63, 3.8) is 0 Å². The average molecular weight is 596 g/mol. The van der Waals surface area contributed by atoms with Gasteiger partial charge in [-0.15, -0.1) is 11.3 Å². The van der Waals surface area contributed by atoms with Crippen LogP contribution in [0.15, 0.2) is 131 Å². The fourth-order valence-corrected chi connectivity index (χ4v) is 9.64. The molecule has 4 heteroatoms. The summed E-state index contributed by atoms with van der Waals surface area (Å²) in [6.45, 7) is 4.75. The number of hydrogen-bond donors (Lipinski definition) is 0. The van der Waals surface area contributed by atoms with Crippen LogP contribution in [-0.2, 0) is 5.41 Å². The van der Waals surface area contributed by atoms with Gasteiger partial charge < -0.3 is 0 Å². The SMILES string of the molecule is CC1(C)c2ccccc2-c2sc3c(ccc4c5ccccc5n(C5=NC(c6ccccc6)C6C=Cc7ccccc7C6=N5)c43)c21. The van der Waals surface area contributed by atoms with E-state index in [4.69, 9.17) is 9.98 Å². The highest BCUT2D eigenvalue weighted by Crippen LogP contribution is 2.56. The number of fused-ring (bicyclic) bond motifs is 12. The fraction of sp³-hybridized carbons (Fsp3) is 0.122. The highest BCUT2D eigenvalue weighted by Gasteiger charge is 2.40. The molecule has 1 aliphatic heterocycles. The summed E-state index contributed by atoms with van der Waals surface area (Å²) >= 11 is 1.93. The first-order valence-electron chi connectivity index (χ1n) is 15.7. The molecule has 0 fully saturated rings. The topological polar surface area (TPSA) is 29.6 Å². The van der Waals surface area contributed by atoms with Gasteiger partial charge in [-0.05, 0) is 39.3 Å². The summed E-state index contributed by atoms with van der Waals surface area (Å²) in [5.41, 5.74) is 11.2. The van der Waals surface area contributed by atoms with E-state index < -0.39 is 0 Å². The molecule has 5 aromatic carbocycles. The minimum absolute atomic E-state index is 0.0684. The van der Waals surface area contributed by atoms with E-state index in [2.05, 4.69) is 146 Å². The van der Waals surface area contributed by atoms with Gasteiger partial charge >= 0.3 is 0 Å². The summed E-state index contributed by atoms with van der Waals surface area (Å²) in [6, 6.07) is 41.6. The number of rotatable bonds is 1. The maximum atomic E-state index is 5.53. The first kappa shape index (κ1) is 25.3. The van der Waals surface area contributed by atoms with E-state index in [0.29, 0.717) is 0 Å². The van der Waals surface area contributed by atoms with Gasteiger partial charge in [0.25, 0.3) is 0 Å². The van der Waals surface area contributed by atoms with Crippen LogP contribution in [0.3, 0.4) is 0 Å². The molecule has 2 unspecified atom stereocenters. The van der Waals surface area contributed by atoms with Gasteiger partial charge in [-0.1, -0.05) is 135 Å². The number of thiophene rings is 1. The second-order valence-corrected chi connectivity index (χ2v) is 13.9. The molecule has 3 aliphatic rings. The molecule has 3 heterocycles. The van der Waals surface area contributed by atoms with Crippen molar-refractivity contribution in [1.29, 1.82) is 0 Å². The first-order chi connectivity index (χ1) is 22.1. The van der Waals surface area contributed by atoms with Crippen molar-refractivity contribution in [2.24, 2.45) is 15.9 Å². The quantitative estimate of drug-likeness (QED) is 0.181. The van der Waals surface area contributed by atoms with Crippen LogP contribution in [0.1, 0.15) is 47.7 Å². The molecule has 45 heavy (non-hydrogen) atoms. The Hall–Kier alpha value is -5.06. The lowest BCUT2D eigenvalue weighted by Crippen LogP contribution is -2.31. The summed E-state index contributed by atoms with van der Waals surface area (Å²) in [4.78, 5) is 12.4. The maximum absolute atomic E-state index is 5.53. The van der Waals surface area contributed by atoms with Gasteiger partial charge in [0.2, 0.25) is 5.96 Å². The molecule has 2 aliphatic carbocycles. The Morgan fingerprint density at radius 3 is 2.33 bits per heavy atom.